The molecule has 0 atom stereocenters. The zero-order valence-electron chi connectivity index (χ0n) is 15.3. The monoisotopic (exact) mass is 395 g/mol. The molecule has 0 N–H and O–H groups in total. The molecule has 0 amide bonds. The number of benzene rings is 1. The molecule has 28 heavy (non-hydrogen) atoms. The molecule has 7 nitrogen and oxygen atoms in total. The standard InChI is InChI=1S/C20H17N3O4S/c1-3-13-6-8-14(9-7-13)19-21-12(2)17(28-19)20(24)26-11-16-22-23-18(27-16)15-5-4-10-25-15/h4-10H,3,11H2,1-2H3. The van der Waals surface area contributed by atoms with E-state index in [2.05, 4.69) is 34.2 Å². The number of furan rings is 1. The van der Waals surface area contributed by atoms with Crippen molar-refractivity contribution < 1.29 is 18.4 Å². The van der Waals surface area contributed by atoms with Gasteiger partial charge in [0.1, 0.15) is 9.88 Å². The fourth-order valence-corrected chi connectivity index (χ4v) is 3.56. The fourth-order valence-electron chi connectivity index (χ4n) is 2.60. The van der Waals surface area contributed by atoms with Crippen molar-refractivity contribution in [2.75, 3.05) is 0 Å². The van der Waals surface area contributed by atoms with E-state index in [1.165, 1.54) is 23.2 Å². The third kappa shape index (κ3) is 3.72. The van der Waals surface area contributed by atoms with Crippen molar-refractivity contribution in [3.8, 4) is 22.2 Å². The molecule has 0 unspecified atom stereocenters. The molecule has 0 radical (unpaired) electrons. The lowest BCUT2D eigenvalue weighted by Gasteiger charge is -2.00. The predicted molar refractivity (Wildman–Crippen MR) is 103 cm³/mol. The number of hydrogen-bond acceptors (Lipinski definition) is 8. The number of esters is 1. The fraction of sp³-hybridized carbons (Fsp3) is 0.200. The van der Waals surface area contributed by atoms with Crippen molar-refractivity contribution in [1.29, 1.82) is 0 Å². The zero-order valence-corrected chi connectivity index (χ0v) is 16.2. The van der Waals surface area contributed by atoms with E-state index in [0.29, 0.717) is 16.3 Å². The summed E-state index contributed by atoms with van der Waals surface area (Å²) in [5, 5.41) is 8.52. The van der Waals surface area contributed by atoms with Gasteiger partial charge in [-0.25, -0.2) is 9.78 Å². The lowest BCUT2D eigenvalue weighted by Crippen LogP contribution is -2.05. The summed E-state index contributed by atoms with van der Waals surface area (Å²) >= 11 is 1.31. The van der Waals surface area contributed by atoms with Gasteiger partial charge in [-0.2, -0.15) is 0 Å². The second kappa shape index (κ2) is 7.77. The molecule has 0 fully saturated rings. The summed E-state index contributed by atoms with van der Waals surface area (Å²) in [4.78, 5) is 17.4. The van der Waals surface area contributed by atoms with Gasteiger partial charge < -0.3 is 13.6 Å². The summed E-state index contributed by atoms with van der Waals surface area (Å²) in [6.07, 6.45) is 2.49. The van der Waals surface area contributed by atoms with Crippen molar-refractivity contribution in [3.63, 3.8) is 0 Å². The summed E-state index contributed by atoms with van der Waals surface area (Å²) < 4.78 is 15.9. The molecule has 0 aliphatic carbocycles. The second-order valence-electron chi connectivity index (χ2n) is 6.04. The molecule has 1 aromatic carbocycles. The molecule has 0 saturated carbocycles. The maximum atomic E-state index is 12.5. The first-order valence-electron chi connectivity index (χ1n) is 8.74. The van der Waals surface area contributed by atoms with Gasteiger partial charge in [0.05, 0.1) is 12.0 Å². The van der Waals surface area contributed by atoms with E-state index in [9.17, 15) is 4.79 Å². The summed E-state index contributed by atoms with van der Waals surface area (Å²) in [7, 11) is 0. The van der Waals surface area contributed by atoms with Crippen LogP contribution in [-0.4, -0.2) is 21.2 Å². The van der Waals surface area contributed by atoms with Crippen molar-refractivity contribution in [2.24, 2.45) is 0 Å². The summed E-state index contributed by atoms with van der Waals surface area (Å²) in [5.74, 6) is 0.423. The van der Waals surface area contributed by atoms with E-state index < -0.39 is 5.97 Å². The van der Waals surface area contributed by atoms with Crippen LogP contribution in [0.4, 0.5) is 0 Å². The Hall–Kier alpha value is -3.26. The van der Waals surface area contributed by atoms with Crippen LogP contribution in [0.25, 0.3) is 22.2 Å². The second-order valence-corrected chi connectivity index (χ2v) is 7.04. The molecule has 0 spiro atoms. The van der Waals surface area contributed by atoms with E-state index in [4.69, 9.17) is 13.6 Å². The third-order valence-corrected chi connectivity index (χ3v) is 5.30. The quantitative estimate of drug-likeness (QED) is 0.438. The number of rotatable bonds is 6. The number of aryl methyl sites for hydroxylation is 2. The van der Waals surface area contributed by atoms with Crippen molar-refractivity contribution >= 4 is 17.3 Å². The highest BCUT2D eigenvalue weighted by Crippen LogP contribution is 2.29. The number of carbonyl (C=O) groups is 1. The first kappa shape index (κ1) is 18.1. The molecule has 142 valence electrons. The number of aromatic nitrogens is 3. The molecule has 0 bridgehead atoms. The Bertz CT molecular complexity index is 1080. The normalized spacial score (nSPS) is 10.9. The van der Waals surface area contributed by atoms with Gasteiger partial charge in [-0.15, -0.1) is 21.5 Å². The maximum absolute atomic E-state index is 12.5. The zero-order chi connectivity index (χ0) is 19.5. The van der Waals surface area contributed by atoms with E-state index in [1.807, 2.05) is 12.1 Å². The number of carbonyl (C=O) groups excluding carboxylic acids is 1. The van der Waals surface area contributed by atoms with Crippen LogP contribution in [0.15, 0.2) is 51.5 Å². The summed E-state index contributed by atoms with van der Waals surface area (Å²) in [5.41, 5.74) is 2.86. The Labute approximate surface area is 165 Å². The van der Waals surface area contributed by atoms with Crippen LogP contribution in [0, 0.1) is 6.92 Å². The SMILES string of the molecule is CCc1ccc(-c2nc(C)c(C(=O)OCc3nnc(-c4ccco4)o3)s2)cc1. The minimum Gasteiger partial charge on any atom is -0.459 e. The van der Waals surface area contributed by atoms with E-state index in [0.717, 1.165) is 17.0 Å². The van der Waals surface area contributed by atoms with Crippen LogP contribution in [0.3, 0.4) is 0 Å². The largest absolute Gasteiger partial charge is 0.459 e. The summed E-state index contributed by atoms with van der Waals surface area (Å²) in [6, 6.07) is 11.6. The predicted octanol–water partition coefficient (Wildman–Crippen LogP) is 4.68. The summed E-state index contributed by atoms with van der Waals surface area (Å²) in [6.45, 7) is 3.78. The van der Waals surface area contributed by atoms with Gasteiger partial charge in [0.25, 0.3) is 11.8 Å². The molecule has 0 aliphatic heterocycles. The van der Waals surface area contributed by atoms with E-state index in [1.54, 1.807) is 19.1 Å². The van der Waals surface area contributed by atoms with Crippen molar-refractivity contribution in [1.82, 2.24) is 15.2 Å². The molecule has 4 aromatic rings. The van der Waals surface area contributed by atoms with Crippen LogP contribution in [0.5, 0.6) is 0 Å². The van der Waals surface area contributed by atoms with Crippen molar-refractivity contribution in [2.45, 2.75) is 26.9 Å². The Balaban J connectivity index is 1.44. The highest BCUT2D eigenvalue weighted by molar-refractivity contribution is 7.17. The topological polar surface area (TPSA) is 91.2 Å². The lowest BCUT2D eigenvalue weighted by atomic mass is 10.1. The number of ether oxygens (including phenoxy) is 1. The molecule has 4 rings (SSSR count). The van der Waals surface area contributed by atoms with Gasteiger partial charge in [-0.1, -0.05) is 31.2 Å². The molecule has 3 heterocycles. The van der Waals surface area contributed by atoms with Gasteiger partial charge in [-0.05, 0) is 31.0 Å². The minimum absolute atomic E-state index is 0.121. The molecular formula is C20H17N3O4S. The number of thiazole rings is 1. The minimum atomic E-state index is -0.468. The lowest BCUT2D eigenvalue weighted by molar-refractivity contribution is 0.0443. The van der Waals surface area contributed by atoms with E-state index >= 15 is 0 Å². The first-order valence-corrected chi connectivity index (χ1v) is 9.56. The van der Waals surface area contributed by atoms with Gasteiger partial charge >= 0.3 is 5.97 Å². The highest BCUT2D eigenvalue weighted by atomic mass is 32.1. The van der Waals surface area contributed by atoms with Crippen LogP contribution >= 0.6 is 11.3 Å². The third-order valence-electron chi connectivity index (χ3n) is 4.12. The van der Waals surface area contributed by atoms with Crippen LogP contribution < -0.4 is 0 Å². The maximum Gasteiger partial charge on any atom is 0.350 e. The molecule has 0 aliphatic rings. The Morgan fingerprint density at radius 1 is 1.18 bits per heavy atom. The van der Waals surface area contributed by atoms with Gasteiger partial charge in [0.2, 0.25) is 0 Å². The van der Waals surface area contributed by atoms with Crippen LogP contribution in [-0.2, 0) is 17.8 Å². The average molecular weight is 395 g/mol. The smallest absolute Gasteiger partial charge is 0.350 e. The van der Waals surface area contributed by atoms with E-state index in [-0.39, 0.29) is 18.4 Å². The first-order chi connectivity index (χ1) is 13.6. The average Bonchev–Trinajstić information content (AvgIpc) is 3.46. The molecule has 8 heteroatoms. The Kier molecular flexibility index (Phi) is 5.03. The molecule has 0 saturated heterocycles. The highest BCUT2D eigenvalue weighted by Gasteiger charge is 2.19. The molecule has 3 aromatic heterocycles. The van der Waals surface area contributed by atoms with Gasteiger partial charge in [-0.3, -0.25) is 0 Å². The number of nitrogens with zero attached hydrogens (tertiary/aromatic N) is 3. The van der Waals surface area contributed by atoms with Gasteiger partial charge in [0.15, 0.2) is 12.4 Å². The number of hydrogen-bond donors (Lipinski definition) is 0. The van der Waals surface area contributed by atoms with Crippen LogP contribution in [0.1, 0.15) is 33.7 Å². The van der Waals surface area contributed by atoms with Gasteiger partial charge in [0, 0.05) is 5.56 Å². The van der Waals surface area contributed by atoms with Crippen molar-refractivity contribution in [3.05, 3.63) is 64.7 Å². The van der Waals surface area contributed by atoms with Crippen LogP contribution in [0.2, 0.25) is 0 Å². The Morgan fingerprint density at radius 2 is 2.00 bits per heavy atom. The Morgan fingerprint density at radius 3 is 2.71 bits per heavy atom. The molecular weight excluding hydrogens is 378 g/mol.